The lowest BCUT2D eigenvalue weighted by atomic mass is 10.1. The first-order valence-electron chi connectivity index (χ1n) is 4.78. The Morgan fingerprint density at radius 2 is 1.73 bits per heavy atom. The van der Waals surface area contributed by atoms with Crippen LogP contribution in [-0.4, -0.2) is 53.8 Å². The van der Waals surface area contributed by atoms with Crippen molar-refractivity contribution in [1.82, 2.24) is 10.2 Å². The van der Waals surface area contributed by atoms with Crippen molar-refractivity contribution < 1.29 is 19.5 Å². The van der Waals surface area contributed by atoms with E-state index < -0.39 is 6.09 Å². The number of carbonyl (C=O) groups is 3. The van der Waals surface area contributed by atoms with Crippen molar-refractivity contribution in [2.45, 2.75) is 24.9 Å². The molecule has 2 N–H and O–H groups in total. The highest BCUT2D eigenvalue weighted by atomic mass is 16.4. The first-order chi connectivity index (χ1) is 7.17. The van der Waals surface area contributed by atoms with Gasteiger partial charge in [0.2, 0.25) is 0 Å². The molecule has 1 fully saturated rings. The van der Waals surface area contributed by atoms with Gasteiger partial charge in [0.1, 0.15) is 12.6 Å². The van der Waals surface area contributed by atoms with Crippen molar-refractivity contribution in [1.29, 1.82) is 0 Å². The Morgan fingerprint density at radius 3 is 2.07 bits per heavy atom. The van der Waals surface area contributed by atoms with Crippen LogP contribution in [0.1, 0.15) is 12.8 Å². The molecule has 1 rings (SSSR count). The molecule has 1 heterocycles. The molecule has 0 saturated carbocycles. The van der Waals surface area contributed by atoms with E-state index in [0.717, 1.165) is 12.6 Å². The third-order valence-corrected chi connectivity index (χ3v) is 2.38. The maximum atomic E-state index is 10.8. The molecule has 0 radical (unpaired) electrons. The molecule has 0 aromatic heterocycles. The summed E-state index contributed by atoms with van der Waals surface area (Å²) < 4.78 is 0. The second-order valence-corrected chi connectivity index (χ2v) is 3.55. The Labute approximate surface area is 87.2 Å². The van der Waals surface area contributed by atoms with Gasteiger partial charge in [-0.15, -0.1) is 0 Å². The first kappa shape index (κ1) is 11.6. The molecule has 2 atom stereocenters. The Balaban J connectivity index is 2.58. The topological polar surface area (TPSA) is 86.7 Å². The summed E-state index contributed by atoms with van der Waals surface area (Å²) in [4.78, 5) is 32.7. The number of nitrogens with zero attached hydrogens (tertiary/aromatic N) is 1. The van der Waals surface area contributed by atoms with Crippen LogP contribution < -0.4 is 5.32 Å². The monoisotopic (exact) mass is 214 g/mol. The van der Waals surface area contributed by atoms with E-state index in [9.17, 15) is 14.4 Å². The summed E-state index contributed by atoms with van der Waals surface area (Å²) in [5, 5.41) is 11.9. The third kappa shape index (κ3) is 3.32. The van der Waals surface area contributed by atoms with E-state index in [4.69, 9.17) is 5.11 Å². The van der Waals surface area contributed by atoms with E-state index in [-0.39, 0.29) is 24.9 Å². The molecular formula is C9H14N2O4. The van der Waals surface area contributed by atoms with Gasteiger partial charge in [0, 0.05) is 38.0 Å². The quantitative estimate of drug-likeness (QED) is 0.615. The van der Waals surface area contributed by atoms with E-state index >= 15 is 0 Å². The second-order valence-electron chi connectivity index (χ2n) is 3.55. The van der Waals surface area contributed by atoms with Crippen LogP contribution in [-0.2, 0) is 9.59 Å². The summed E-state index contributed by atoms with van der Waals surface area (Å²) in [6, 6.07) is -0.366. The Hall–Kier alpha value is -1.43. The van der Waals surface area contributed by atoms with Gasteiger partial charge in [-0.05, 0) is 0 Å². The average Bonchev–Trinajstić information content (AvgIpc) is 2.18. The SMILES string of the molecule is O=CCC1CN(C(=O)O)CC(CC=O)N1. The predicted octanol–water partition coefficient (Wildman–Crippen LogP) is -0.515. The van der Waals surface area contributed by atoms with Crippen LogP contribution in [0, 0.1) is 0 Å². The van der Waals surface area contributed by atoms with Gasteiger partial charge in [-0.3, -0.25) is 0 Å². The van der Waals surface area contributed by atoms with Crippen molar-refractivity contribution in [3.8, 4) is 0 Å². The van der Waals surface area contributed by atoms with Crippen LogP contribution in [0.25, 0.3) is 0 Å². The standard InChI is InChI=1S/C9H14N2O4/c12-3-1-7-5-11(9(14)15)6-8(10-7)2-4-13/h3-4,7-8,10H,1-2,5-6H2,(H,14,15). The lowest BCUT2D eigenvalue weighted by molar-refractivity contribution is -0.108. The van der Waals surface area contributed by atoms with Gasteiger partial charge in [-0.1, -0.05) is 0 Å². The molecule has 2 unspecified atom stereocenters. The van der Waals surface area contributed by atoms with Gasteiger partial charge in [0.25, 0.3) is 0 Å². The highest BCUT2D eigenvalue weighted by Crippen LogP contribution is 2.08. The summed E-state index contributed by atoms with van der Waals surface area (Å²) in [7, 11) is 0. The number of aldehydes is 2. The summed E-state index contributed by atoms with van der Waals surface area (Å²) in [5.74, 6) is 0. The highest BCUT2D eigenvalue weighted by Gasteiger charge is 2.28. The maximum Gasteiger partial charge on any atom is 0.407 e. The number of amides is 1. The Morgan fingerprint density at radius 1 is 1.27 bits per heavy atom. The van der Waals surface area contributed by atoms with Gasteiger partial charge in [-0.25, -0.2) is 4.79 Å². The molecule has 1 amide bonds. The van der Waals surface area contributed by atoms with E-state index in [1.54, 1.807) is 0 Å². The molecule has 0 aromatic carbocycles. The molecule has 6 nitrogen and oxygen atoms in total. The van der Waals surface area contributed by atoms with Crippen LogP contribution in [0.4, 0.5) is 4.79 Å². The van der Waals surface area contributed by atoms with Crippen molar-refractivity contribution in [2.24, 2.45) is 0 Å². The highest BCUT2D eigenvalue weighted by molar-refractivity contribution is 5.65. The lowest BCUT2D eigenvalue weighted by Gasteiger charge is -2.36. The fourth-order valence-electron chi connectivity index (χ4n) is 1.72. The average molecular weight is 214 g/mol. The van der Waals surface area contributed by atoms with Gasteiger partial charge in [0.15, 0.2) is 0 Å². The summed E-state index contributed by atoms with van der Waals surface area (Å²) in [5.41, 5.74) is 0. The number of rotatable bonds is 4. The van der Waals surface area contributed by atoms with Crippen molar-refractivity contribution in [2.75, 3.05) is 13.1 Å². The molecule has 84 valence electrons. The lowest BCUT2D eigenvalue weighted by Crippen LogP contribution is -2.57. The summed E-state index contributed by atoms with van der Waals surface area (Å²) in [6.45, 7) is 0.590. The molecular weight excluding hydrogens is 200 g/mol. The molecule has 1 aliphatic heterocycles. The van der Waals surface area contributed by atoms with E-state index in [1.807, 2.05) is 0 Å². The number of piperazine rings is 1. The Kier molecular flexibility index (Phi) is 4.23. The maximum absolute atomic E-state index is 10.8. The minimum Gasteiger partial charge on any atom is -0.465 e. The van der Waals surface area contributed by atoms with Gasteiger partial charge in [-0.2, -0.15) is 0 Å². The van der Waals surface area contributed by atoms with Crippen LogP contribution in [0.2, 0.25) is 0 Å². The van der Waals surface area contributed by atoms with E-state index in [0.29, 0.717) is 13.1 Å². The molecule has 0 aromatic rings. The van der Waals surface area contributed by atoms with Gasteiger partial charge < -0.3 is 24.9 Å². The van der Waals surface area contributed by atoms with Crippen molar-refractivity contribution in [3.05, 3.63) is 0 Å². The molecule has 1 aliphatic rings. The number of hydrogen-bond acceptors (Lipinski definition) is 4. The third-order valence-electron chi connectivity index (χ3n) is 2.38. The number of hydrogen-bond donors (Lipinski definition) is 2. The molecule has 0 aliphatic carbocycles. The fourth-order valence-corrected chi connectivity index (χ4v) is 1.72. The van der Waals surface area contributed by atoms with Crippen molar-refractivity contribution in [3.63, 3.8) is 0 Å². The van der Waals surface area contributed by atoms with E-state index in [2.05, 4.69) is 5.32 Å². The largest absolute Gasteiger partial charge is 0.465 e. The zero-order valence-corrected chi connectivity index (χ0v) is 8.26. The molecule has 15 heavy (non-hydrogen) atoms. The number of carbonyl (C=O) groups excluding carboxylic acids is 2. The van der Waals surface area contributed by atoms with Crippen molar-refractivity contribution >= 4 is 18.7 Å². The second kappa shape index (κ2) is 5.45. The normalized spacial score (nSPS) is 26.0. The smallest absolute Gasteiger partial charge is 0.407 e. The van der Waals surface area contributed by atoms with Crippen LogP contribution >= 0.6 is 0 Å². The molecule has 6 heteroatoms. The molecule has 0 bridgehead atoms. The van der Waals surface area contributed by atoms with Crippen LogP contribution in [0.3, 0.4) is 0 Å². The number of nitrogens with one attached hydrogen (secondary N) is 1. The fraction of sp³-hybridized carbons (Fsp3) is 0.667. The summed E-state index contributed by atoms with van der Waals surface area (Å²) in [6.07, 6.45) is 1.02. The minimum absolute atomic E-state index is 0.183. The Bertz CT molecular complexity index is 238. The zero-order valence-electron chi connectivity index (χ0n) is 8.26. The first-order valence-corrected chi connectivity index (χ1v) is 4.78. The summed E-state index contributed by atoms with van der Waals surface area (Å²) >= 11 is 0. The van der Waals surface area contributed by atoms with Gasteiger partial charge >= 0.3 is 6.09 Å². The predicted molar refractivity (Wildman–Crippen MR) is 51.7 cm³/mol. The van der Waals surface area contributed by atoms with E-state index in [1.165, 1.54) is 4.90 Å². The molecule has 1 saturated heterocycles. The van der Waals surface area contributed by atoms with Crippen LogP contribution in [0.5, 0.6) is 0 Å². The minimum atomic E-state index is -1.01. The zero-order chi connectivity index (χ0) is 11.3. The number of carboxylic acid groups (broad SMARTS) is 1. The van der Waals surface area contributed by atoms with Crippen LogP contribution in [0.15, 0.2) is 0 Å². The molecule has 0 spiro atoms. The van der Waals surface area contributed by atoms with Gasteiger partial charge in [0.05, 0.1) is 0 Å².